The molecule has 1 saturated carbocycles. The summed E-state index contributed by atoms with van der Waals surface area (Å²) in [5.74, 6) is 0.250. The van der Waals surface area contributed by atoms with Crippen molar-refractivity contribution in [2.75, 3.05) is 5.32 Å². The summed E-state index contributed by atoms with van der Waals surface area (Å²) in [7, 11) is 0. The molecule has 0 spiro atoms. The van der Waals surface area contributed by atoms with Crippen LogP contribution in [-0.4, -0.2) is 10.9 Å². The van der Waals surface area contributed by atoms with Crippen LogP contribution in [0.4, 0.5) is 5.69 Å². The Hall–Kier alpha value is -2.39. The summed E-state index contributed by atoms with van der Waals surface area (Å²) >= 11 is 6.24. The zero-order chi connectivity index (χ0) is 16.7. The van der Waals surface area contributed by atoms with Gasteiger partial charge in [0, 0.05) is 22.5 Å². The molecule has 2 unspecified atom stereocenters. The van der Waals surface area contributed by atoms with Gasteiger partial charge in [0.05, 0.1) is 11.2 Å². The number of rotatable bonds is 3. The zero-order valence-corrected chi connectivity index (χ0v) is 14.0. The van der Waals surface area contributed by atoms with Crippen molar-refractivity contribution in [2.24, 2.45) is 5.92 Å². The number of anilines is 1. The molecule has 3 aromatic rings. The number of aromatic nitrogens is 1. The molecule has 24 heavy (non-hydrogen) atoms. The van der Waals surface area contributed by atoms with E-state index in [2.05, 4.69) is 10.3 Å². The number of nitrogens with one attached hydrogen (secondary N) is 1. The largest absolute Gasteiger partial charge is 0.325 e. The van der Waals surface area contributed by atoms with Crippen LogP contribution >= 0.6 is 11.6 Å². The fourth-order valence-corrected chi connectivity index (χ4v) is 3.53. The molecule has 120 valence electrons. The second kappa shape index (κ2) is 5.91. The lowest BCUT2D eigenvalue weighted by molar-refractivity contribution is -0.117. The number of benzene rings is 2. The Labute approximate surface area is 145 Å². The molecule has 3 nitrogen and oxygen atoms in total. The molecule has 1 aliphatic rings. The van der Waals surface area contributed by atoms with Crippen molar-refractivity contribution in [1.82, 2.24) is 4.98 Å². The highest BCUT2D eigenvalue weighted by molar-refractivity contribution is 6.31. The monoisotopic (exact) mass is 336 g/mol. The summed E-state index contributed by atoms with van der Waals surface area (Å²) in [6, 6.07) is 15.6. The third-order valence-electron chi connectivity index (χ3n) is 4.66. The smallest absolute Gasteiger partial charge is 0.228 e. The molecule has 2 atom stereocenters. The molecule has 1 amide bonds. The summed E-state index contributed by atoms with van der Waals surface area (Å²) in [6.45, 7) is 2.02. The van der Waals surface area contributed by atoms with Crippen molar-refractivity contribution < 1.29 is 4.79 Å². The minimum absolute atomic E-state index is 0.0158. The van der Waals surface area contributed by atoms with Crippen LogP contribution in [0.5, 0.6) is 0 Å². The van der Waals surface area contributed by atoms with Crippen LogP contribution < -0.4 is 5.32 Å². The lowest BCUT2D eigenvalue weighted by Crippen LogP contribution is -2.15. The third-order valence-corrected chi connectivity index (χ3v) is 5.01. The van der Waals surface area contributed by atoms with Gasteiger partial charge in [-0.3, -0.25) is 9.78 Å². The van der Waals surface area contributed by atoms with Crippen molar-refractivity contribution in [3.05, 3.63) is 70.9 Å². The van der Waals surface area contributed by atoms with Gasteiger partial charge in [-0.15, -0.1) is 0 Å². The van der Waals surface area contributed by atoms with Crippen molar-refractivity contribution in [3.8, 4) is 0 Å². The molecule has 2 aromatic carbocycles. The van der Waals surface area contributed by atoms with Gasteiger partial charge in [-0.05, 0) is 54.7 Å². The van der Waals surface area contributed by atoms with Gasteiger partial charge < -0.3 is 5.32 Å². The maximum atomic E-state index is 12.6. The second-order valence-electron chi connectivity index (χ2n) is 6.29. The standard InChI is InChI=1S/C20H17ClN2O/c1-12-8-9-18(14-6-4-10-22-19(12)14)23-20(24)16-11-15(16)13-5-2-3-7-17(13)21/h2-10,15-16H,11H2,1H3,(H,23,24). The molecular weight excluding hydrogens is 320 g/mol. The Balaban J connectivity index is 1.56. The van der Waals surface area contributed by atoms with Crippen LogP contribution in [0.1, 0.15) is 23.5 Å². The van der Waals surface area contributed by atoms with Crippen LogP contribution in [-0.2, 0) is 4.79 Å². The number of carbonyl (C=O) groups is 1. The number of aryl methyl sites for hydroxylation is 1. The molecule has 4 rings (SSSR count). The summed E-state index contributed by atoms with van der Waals surface area (Å²) < 4.78 is 0. The van der Waals surface area contributed by atoms with E-state index in [9.17, 15) is 4.79 Å². The van der Waals surface area contributed by atoms with E-state index in [1.807, 2.05) is 55.5 Å². The Kier molecular flexibility index (Phi) is 3.73. The average Bonchev–Trinajstić information content (AvgIpc) is 3.39. The molecule has 1 aromatic heterocycles. The van der Waals surface area contributed by atoms with E-state index in [4.69, 9.17) is 11.6 Å². The molecule has 1 heterocycles. The number of carbonyl (C=O) groups excluding carboxylic acids is 1. The van der Waals surface area contributed by atoms with Crippen molar-refractivity contribution in [2.45, 2.75) is 19.3 Å². The van der Waals surface area contributed by atoms with Gasteiger partial charge in [0.25, 0.3) is 0 Å². The molecular formula is C20H17ClN2O. The van der Waals surface area contributed by atoms with Crippen LogP contribution in [0.2, 0.25) is 5.02 Å². The first-order chi connectivity index (χ1) is 11.6. The Morgan fingerprint density at radius 2 is 2.00 bits per heavy atom. The number of fused-ring (bicyclic) bond motifs is 1. The van der Waals surface area contributed by atoms with Crippen LogP contribution in [0.15, 0.2) is 54.7 Å². The summed E-state index contributed by atoms with van der Waals surface area (Å²) in [5.41, 5.74) is 3.91. The minimum Gasteiger partial charge on any atom is -0.325 e. The Morgan fingerprint density at radius 1 is 1.17 bits per heavy atom. The fraction of sp³-hybridized carbons (Fsp3) is 0.200. The van der Waals surface area contributed by atoms with Gasteiger partial charge in [-0.2, -0.15) is 0 Å². The van der Waals surface area contributed by atoms with E-state index in [1.165, 1.54) is 0 Å². The highest BCUT2D eigenvalue weighted by Gasteiger charge is 2.44. The van der Waals surface area contributed by atoms with Crippen LogP contribution in [0.3, 0.4) is 0 Å². The molecule has 4 heteroatoms. The average molecular weight is 337 g/mol. The van der Waals surface area contributed by atoms with Crippen LogP contribution in [0, 0.1) is 12.8 Å². The first-order valence-corrected chi connectivity index (χ1v) is 8.42. The lowest BCUT2D eigenvalue weighted by Gasteiger charge is -2.10. The molecule has 0 saturated heterocycles. The van der Waals surface area contributed by atoms with Crippen molar-refractivity contribution in [3.63, 3.8) is 0 Å². The number of amides is 1. The van der Waals surface area contributed by atoms with E-state index < -0.39 is 0 Å². The van der Waals surface area contributed by atoms with Gasteiger partial charge >= 0.3 is 0 Å². The van der Waals surface area contributed by atoms with E-state index in [1.54, 1.807) is 6.20 Å². The van der Waals surface area contributed by atoms with E-state index >= 15 is 0 Å². The van der Waals surface area contributed by atoms with E-state index in [0.29, 0.717) is 0 Å². The highest BCUT2D eigenvalue weighted by atomic mass is 35.5. The minimum atomic E-state index is -0.0158. The Morgan fingerprint density at radius 3 is 2.83 bits per heavy atom. The molecule has 1 N–H and O–H groups in total. The molecule has 0 bridgehead atoms. The summed E-state index contributed by atoms with van der Waals surface area (Å²) in [5, 5.41) is 4.78. The number of pyridine rings is 1. The fourth-order valence-electron chi connectivity index (χ4n) is 3.25. The van der Waals surface area contributed by atoms with Gasteiger partial charge in [-0.1, -0.05) is 35.9 Å². The first kappa shape index (κ1) is 15.2. The maximum Gasteiger partial charge on any atom is 0.228 e. The molecule has 0 aliphatic heterocycles. The molecule has 0 radical (unpaired) electrons. The van der Waals surface area contributed by atoms with E-state index in [0.717, 1.165) is 39.2 Å². The number of nitrogens with zero attached hydrogens (tertiary/aromatic N) is 1. The third kappa shape index (κ3) is 2.65. The lowest BCUT2D eigenvalue weighted by atomic mass is 10.1. The predicted octanol–water partition coefficient (Wildman–Crippen LogP) is 4.94. The van der Waals surface area contributed by atoms with Crippen molar-refractivity contribution in [1.29, 1.82) is 0 Å². The summed E-state index contributed by atoms with van der Waals surface area (Å²) in [4.78, 5) is 17.0. The highest BCUT2D eigenvalue weighted by Crippen LogP contribution is 2.50. The zero-order valence-electron chi connectivity index (χ0n) is 13.3. The van der Waals surface area contributed by atoms with Gasteiger partial charge in [0.1, 0.15) is 0 Å². The topological polar surface area (TPSA) is 42.0 Å². The van der Waals surface area contributed by atoms with Crippen LogP contribution in [0.25, 0.3) is 10.9 Å². The number of hydrogen-bond donors (Lipinski definition) is 1. The Bertz CT molecular complexity index is 938. The normalized spacial score (nSPS) is 19.2. The van der Waals surface area contributed by atoms with E-state index in [-0.39, 0.29) is 17.7 Å². The van der Waals surface area contributed by atoms with Gasteiger partial charge in [0.2, 0.25) is 5.91 Å². The van der Waals surface area contributed by atoms with Crippen molar-refractivity contribution >= 4 is 34.1 Å². The maximum absolute atomic E-state index is 12.6. The quantitative estimate of drug-likeness (QED) is 0.736. The predicted molar refractivity (Wildman–Crippen MR) is 97.4 cm³/mol. The number of hydrogen-bond acceptors (Lipinski definition) is 2. The SMILES string of the molecule is Cc1ccc(NC(=O)C2CC2c2ccccc2Cl)c2cccnc12. The summed E-state index contributed by atoms with van der Waals surface area (Å²) in [6.07, 6.45) is 2.62. The molecule has 1 fully saturated rings. The van der Waals surface area contributed by atoms with Gasteiger partial charge in [0.15, 0.2) is 0 Å². The number of halogens is 1. The second-order valence-corrected chi connectivity index (χ2v) is 6.70. The molecule has 1 aliphatic carbocycles. The first-order valence-electron chi connectivity index (χ1n) is 8.05. The van der Waals surface area contributed by atoms with Gasteiger partial charge in [-0.25, -0.2) is 0 Å².